The summed E-state index contributed by atoms with van der Waals surface area (Å²) in [5.41, 5.74) is 3.86. The number of para-hydroxylation sites is 1. The number of carbonyl (C=O) groups excluding carboxylic acids is 2. The molecule has 9 nitrogen and oxygen atoms in total. The molecule has 0 radical (unpaired) electrons. The SMILES string of the molecule is CS(=O)(=O)c1ccc(CNC(=O)c2cccc3[nH]c(NC(=O)c4cccc(-c5ccccc5)n4)nc23)cc1. The Hall–Kier alpha value is -4.83. The van der Waals surface area contributed by atoms with Gasteiger partial charge in [-0.25, -0.2) is 18.4 Å². The number of fused-ring (bicyclic) bond motifs is 1. The normalized spacial score (nSPS) is 11.3. The molecule has 2 heterocycles. The number of rotatable bonds is 7. The second-order valence-electron chi connectivity index (χ2n) is 8.61. The number of aromatic amines is 1. The fraction of sp³-hybridized carbons (Fsp3) is 0.0714. The van der Waals surface area contributed by atoms with Gasteiger partial charge in [-0.3, -0.25) is 14.9 Å². The number of nitrogens with zero attached hydrogens (tertiary/aromatic N) is 2. The van der Waals surface area contributed by atoms with Crippen molar-refractivity contribution in [2.24, 2.45) is 0 Å². The molecule has 0 aliphatic heterocycles. The summed E-state index contributed by atoms with van der Waals surface area (Å²) in [6.07, 6.45) is 1.14. The van der Waals surface area contributed by atoms with Crippen LogP contribution in [0.4, 0.5) is 5.95 Å². The summed E-state index contributed by atoms with van der Waals surface area (Å²) in [7, 11) is -3.29. The van der Waals surface area contributed by atoms with Crippen LogP contribution >= 0.6 is 0 Å². The molecule has 5 rings (SSSR count). The first-order valence-corrected chi connectivity index (χ1v) is 13.6. The monoisotopic (exact) mass is 525 g/mol. The minimum Gasteiger partial charge on any atom is -0.348 e. The van der Waals surface area contributed by atoms with Crippen molar-refractivity contribution >= 4 is 38.6 Å². The predicted octanol–water partition coefficient (Wildman–Crippen LogP) is 4.21. The van der Waals surface area contributed by atoms with Crippen LogP contribution in [0.2, 0.25) is 0 Å². The van der Waals surface area contributed by atoms with Crippen LogP contribution in [-0.2, 0) is 16.4 Å². The summed E-state index contributed by atoms with van der Waals surface area (Å²) in [6.45, 7) is 0.205. The van der Waals surface area contributed by atoms with Gasteiger partial charge in [0.05, 0.1) is 21.7 Å². The Morgan fingerprint density at radius 2 is 1.55 bits per heavy atom. The zero-order valence-electron chi connectivity index (χ0n) is 20.3. The second-order valence-corrected chi connectivity index (χ2v) is 10.6. The molecule has 0 saturated carbocycles. The first kappa shape index (κ1) is 24.8. The molecule has 3 aromatic carbocycles. The summed E-state index contributed by atoms with van der Waals surface area (Å²) in [5, 5.41) is 5.54. The van der Waals surface area contributed by atoms with Crippen LogP contribution in [0.3, 0.4) is 0 Å². The molecule has 0 spiro atoms. The van der Waals surface area contributed by atoms with E-state index in [0.717, 1.165) is 17.4 Å². The quantitative estimate of drug-likeness (QED) is 0.291. The van der Waals surface area contributed by atoms with Gasteiger partial charge in [-0.1, -0.05) is 54.6 Å². The summed E-state index contributed by atoms with van der Waals surface area (Å²) in [5.74, 6) is -0.608. The predicted molar refractivity (Wildman–Crippen MR) is 144 cm³/mol. The summed E-state index contributed by atoms with van der Waals surface area (Å²) < 4.78 is 23.3. The highest BCUT2D eigenvalue weighted by Crippen LogP contribution is 2.21. The zero-order chi connectivity index (χ0) is 26.7. The van der Waals surface area contributed by atoms with Gasteiger partial charge in [0.1, 0.15) is 11.2 Å². The third-order valence-corrected chi connectivity index (χ3v) is 6.97. The number of hydrogen-bond acceptors (Lipinski definition) is 6. The van der Waals surface area contributed by atoms with Crippen LogP contribution in [0.5, 0.6) is 0 Å². The Bertz CT molecular complexity index is 1750. The minimum absolute atomic E-state index is 0.188. The number of pyridine rings is 1. The molecule has 3 N–H and O–H groups in total. The Balaban J connectivity index is 1.30. The van der Waals surface area contributed by atoms with Gasteiger partial charge in [-0.05, 0) is 42.0 Å². The maximum atomic E-state index is 12.9. The Morgan fingerprint density at radius 1 is 0.816 bits per heavy atom. The maximum absolute atomic E-state index is 12.9. The minimum atomic E-state index is -3.29. The molecule has 0 aliphatic carbocycles. The van der Waals surface area contributed by atoms with Crippen molar-refractivity contribution < 1.29 is 18.0 Å². The standard InChI is InChI=1S/C28H23N5O4S/c1-38(36,37)20-15-13-18(14-16-20)17-29-26(34)21-9-5-11-23-25(21)32-28(31-23)33-27(35)24-12-6-10-22(30-24)19-7-3-2-4-8-19/h2-16H,17H2,1H3,(H,29,34)(H2,31,32,33,35). The molecular formula is C28H23N5O4S. The number of aromatic nitrogens is 3. The van der Waals surface area contributed by atoms with Gasteiger partial charge < -0.3 is 10.3 Å². The van der Waals surface area contributed by atoms with Crippen molar-refractivity contribution in [3.8, 4) is 11.3 Å². The lowest BCUT2D eigenvalue weighted by molar-refractivity contribution is 0.0951. The van der Waals surface area contributed by atoms with Gasteiger partial charge in [-0.2, -0.15) is 0 Å². The number of carbonyl (C=O) groups is 2. The van der Waals surface area contributed by atoms with Crippen molar-refractivity contribution in [3.05, 3.63) is 108 Å². The highest BCUT2D eigenvalue weighted by Gasteiger charge is 2.16. The first-order chi connectivity index (χ1) is 18.3. The van der Waals surface area contributed by atoms with Crippen LogP contribution in [0.1, 0.15) is 26.4 Å². The number of anilines is 1. The Labute approximate surface area is 218 Å². The summed E-state index contributed by atoms with van der Waals surface area (Å²) >= 11 is 0. The molecule has 0 aliphatic rings. The smallest absolute Gasteiger partial charge is 0.276 e. The van der Waals surface area contributed by atoms with Crippen molar-refractivity contribution in [1.29, 1.82) is 0 Å². The van der Waals surface area contributed by atoms with Crippen molar-refractivity contribution in [2.75, 3.05) is 11.6 Å². The maximum Gasteiger partial charge on any atom is 0.276 e. The van der Waals surface area contributed by atoms with E-state index >= 15 is 0 Å². The van der Waals surface area contributed by atoms with Crippen LogP contribution in [0.25, 0.3) is 22.3 Å². The number of nitrogens with one attached hydrogen (secondary N) is 3. The van der Waals surface area contributed by atoms with Crippen molar-refractivity contribution in [3.63, 3.8) is 0 Å². The molecule has 38 heavy (non-hydrogen) atoms. The second kappa shape index (κ2) is 10.3. The fourth-order valence-corrected chi connectivity index (χ4v) is 4.54. The van der Waals surface area contributed by atoms with E-state index in [1.807, 2.05) is 36.4 Å². The molecule has 0 unspecified atom stereocenters. The van der Waals surface area contributed by atoms with Gasteiger partial charge in [0.25, 0.3) is 11.8 Å². The number of imidazole rings is 1. The molecule has 190 valence electrons. The van der Waals surface area contributed by atoms with Crippen molar-refractivity contribution in [1.82, 2.24) is 20.3 Å². The van der Waals surface area contributed by atoms with E-state index in [1.165, 1.54) is 12.1 Å². The third kappa shape index (κ3) is 5.45. The van der Waals surface area contributed by atoms with E-state index in [9.17, 15) is 18.0 Å². The molecular weight excluding hydrogens is 502 g/mol. The van der Waals surface area contributed by atoms with Gasteiger partial charge in [0, 0.05) is 18.4 Å². The average molecular weight is 526 g/mol. The highest BCUT2D eigenvalue weighted by atomic mass is 32.2. The molecule has 0 saturated heterocycles. The van der Waals surface area contributed by atoms with Gasteiger partial charge >= 0.3 is 0 Å². The van der Waals surface area contributed by atoms with Crippen LogP contribution in [-0.4, -0.2) is 41.4 Å². The molecule has 0 fully saturated rings. The number of benzene rings is 3. The van der Waals surface area contributed by atoms with Gasteiger partial charge in [-0.15, -0.1) is 0 Å². The average Bonchev–Trinajstić information content (AvgIpc) is 3.34. The molecule has 0 atom stereocenters. The van der Waals surface area contributed by atoms with Gasteiger partial charge in [0.15, 0.2) is 9.84 Å². The van der Waals surface area contributed by atoms with Crippen LogP contribution < -0.4 is 10.6 Å². The van der Waals surface area contributed by atoms with E-state index in [4.69, 9.17) is 0 Å². The molecule has 10 heteroatoms. The van der Waals surface area contributed by atoms with E-state index in [-0.39, 0.29) is 29.0 Å². The third-order valence-electron chi connectivity index (χ3n) is 5.85. The Morgan fingerprint density at radius 3 is 2.29 bits per heavy atom. The summed E-state index contributed by atoms with van der Waals surface area (Å²) in [4.78, 5) is 37.9. The molecule has 2 aromatic heterocycles. The number of amides is 2. The zero-order valence-corrected chi connectivity index (χ0v) is 21.1. The van der Waals surface area contributed by atoms with E-state index in [2.05, 4.69) is 25.6 Å². The topological polar surface area (TPSA) is 134 Å². The first-order valence-electron chi connectivity index (χ1n) is 11.7. The van der Waals surface area contributed by atoms with Crippen molar-refractivity contribution in [2.45, 2.75) is 11.4 Å². The van der Waals surface area contributed by atoms with Gasteiger partial charge in [0.2, 0.25) is 5.95 Å². The lowest BCUT2D eigenvalue weighted by Crippen LogP contribution is -2.23. The van der Waals surface area contributed by atoms with Crippen LogP contribution in [0.15, 0.2) is 95.9 Å². The highest BCUT2D eigenvalue weighted by molar-refractivity contribution is 7.90. The number of hydrogen-bond donors (Lipinski definition) is 3. The lowest BCUT2D eigenvalue weighted by atomic mass is 10.1. The molecule has 5 aromatic rings. The molecule has 0 bridgehead atoms. The van der Waals surface area contributed by atoms with E-state index in [0.29, 0.717) is 22.3 Å². The number of H-pyrrole nitrogens is 1. The Kier molecular flexibility index (Phi) is 6.71. The van der Waals surface area contributed by atoms with E-state index < -0.39 is 15.7 Å². The lowest BCUT2D eigenvalue weighted by Gasteiger charge is -2.07. The largest absolute Gasteiger partial charge is 0.348 e. The number of sulfone groups is 1. The van der Waals surface area contributed by atoms with Crippen LogP contribution in [0, 0.1) is 0 Å². The molecule has 2 amide bonds. The summed E-state index contributed by atoms with van der Waals surface area (Å²) in [6, 6.07) is 26.2. The van der Waals surface area contributed by atoms with E-state index in [1.54, 1.807) is 42.5 Å². The fourth-order valence-electron chi connectivity index (χ4n) is 3.91.